The minimum absolute atomic E-state index is 0. The fraction of sp³-hybridized carbons (Fsp3) is 0.500. The molecular formula is C32H46BrN3O3S. The van der Waals surface area contributed by atoms with E-state index >= 15 is 0 Å². The van der Waals surface area contributed by atoms with Crippen molar-refractivity contribution in [2.75, 3.05) is 24.4 Å². The lowest BCUT2D eigenvalue weighted by molar-refractivity contribution is -0.683. The normalized spacial score (nSPS) is 10.6. The van der Waals surface area contributed by atoms with E-state index in [0.29, 0.717) is 23.8 Å². The van der Waals surface area contributed by atoms with E-state index in [-0.39, 0.29) is 23.0 Å². The van der Waals surface area contributed by atoms with Crippen molar-refractivity contribution in [3.63, 3.8) is 0 Å². The lowest BCUT2D eigenvalue weighted by atomic mass is 10.1. The molecule has 0 atom stereocenters. The molecule has 0 saturated heterocycles. The summed E-state index contributed by atoms with van der Waals surface area (Å²) in [6.07, 6.45) is 17.9. The highest BCUT2D eigenvalue weighted by Crippen LogP contribution is 2.30. The minimum atomic E-state index is -0.303. The zero-order valence-electron chi connectivity index (χ0n) is 24.1. The Kier molecular flexibility index (Phi) is 17.1. The Balaban J connectivity index is 0.00000560. The molecule has 1 heterocycles. The number of aromatic nitrogens is 1. The largest absolute Gasteiger partial charge is 1.00 e. The Morgan fingerprint density at radius 1 is 0.825 bits per heavy atom. The van der Waals surface area contributed by atoms with E-state index in [2.05, 4.69) is 33.7 Å². The van der Waals surface area contributed by atoms with Crippen molar-refractivity contribution >= 4 is 28.7 Å². The predicted molar refractivity (Wildman–Crippen MR) is 162 cm³/mol. The number of hydrogen-bond donors (Lipinski definition) is 2. The molecule has 1 aromatic heterocycles. The quantitative estimate of drug-likeness (QED) is 0.129. The van der Waals surface area contributed by atoms with Gasteiger partial charge in [0.15, 0.2) is 24.2 Å². The van der Waals surface area contributed by atoms with Crippen molar-refractivity contribution in [2.45, 2.75) is 90.5 Å². The van der Waals surface area contributed by atoms with Crippen LogP contribution in [0.1, 0.15) is 89.5 Å². The first-order valence-corrected chi connectivity index (χ1v) is 15.5. The monoisotopic (exact) mass is 631 g/mol. The van der Waals surface area contributed by atoms with Crippen molar-refractivity contribution in [1.29, 1.82) is 0 Å². The molecule has 0 bridgehead atoms. The van der Waals surface area contributed by atoms with Crippen LogP contribution in [0.25, 0.3) is 0 Å². The standard InChI is InChI=1S/C32H45N3O3S.BrH/c1-3-4-5-6-7-8-9-10-11-12-13-14-21-38-30-19-18-29(24-31(30)37-2)34-32(36)33-28-17-15-16-27(23-28)25-35-20-22-39-26-35;/h15-20,22-24,26H,3-14,21,25H2,1-2H3,(H-,33,34,36);1H. The number of amides is 2. The fourth-order valence-electron chi connectivity index (χ4n) is 4.59. The topological polar surface area (TPSA) is 63.5 Å². The van der Waals surface area contributed by atoms with Crippen molar-refractivity contribution in [3.05, 3.63) is 65.1 Å². The van der Waals surface area contributed by atoms with Crippen molar-refractivity contribution in [2.24, 2.45) is 0 Å². The van der Waals surface area contributed by atoms with Gasteiger partial charge in [-0.3, -0.25) is 0 Å². The number of benzene rings is 2. The SMILES string of the molecule is CCCCCCCCCCCCCCOc1ccc(NC(=O)Nc2cccc(C[n+]3ccsc3)c2)cc1OC.[Br-]. The number of rotatable bonds is 19. The average molecular weight is 633 g/mol. The van der Waals surface area contributed by atoms with Crippen LogP contribution < -0.4 is 41.7 Å². The molecule has 40 heavy (non-hydrogen) atoms. The Hall–Kier alpha value is -2.58. The molecule has 3 rings (SSSR count). The summed E-state index contributed by atoms with van der Waals surface area (Å²) in [6.45, 7) is 3.70. The summed E-state index contributed by atoms with van der Waals surface area (Å²) in [5.74, 6) is 1.31. The van der Waals surface area contributed by atoms with Gasteiger partial charge in [-0.2, -0.15) is 4.57 Å². The molecule has 0 aliphatic carbocycles. The molecule has 2 N–H and O–H groups in total. The van der Waals surface area contributed by atoms with Gasteiger partial charge in [-0.25, -0.2) is 4.79 Å². The second-order valence-electron chi connectivity index (χ2n) is 10.1. The molecule has 0 fully saturated rings. The maximum atomic E-state index is 12.6. The number of hydrogen-bond acceptors (Lipinski definition) is 4. The number of carbonyl (C=O) groups excluding carboxylic acids is 1. The fourth-order valence-corrected chi connectivity index (χ4v) is 5.19. The molecular weight excluding hydrogens is 586 g/mol. The maximum absolute atomic E-state index is 12.6. The van der Waals surface area contributed by atoms with Gasteiger partial charge in [-0.05, 0) is 30.7 Å². The second-order valence-corrected chi connectivity index (χ2v) is 10.8. The Morgan fingerprint density at radius 2 is 1.48 bits per heavy atom. The molecule has 6 nitrogen and oxygen atoms in total. The third-order valence-corrected chi connectivity index (χ3v) is 7.43. The molecule has 3 aromatic rings. The molecule has 2 aromatic carbocycles. The van der Waals surface area contributed by atoms with Gasteiger partial charge in [0.05, 0.1) is 19.1 Å². The number of anilines is 2. The second kappa shape index (κ2) is 20.3. The summed E-state index contributed by atoms with van der Waals surface area (Å²) in [4.78, 5) is 12.6. The summed E-state index contributed by atoms with van der Waals surface area (Å²) >= 11 is 1.65. The molecule has 8 heteroatoms. The van der Waals surface area contributed by atoms with E-state index in [4.69, 9.17) is 9.47 Å². The van der Waals surface area contributed by atoms with Gasteiger partial charge >= 0.3 is 6.03 Å². The van der Waals surface area contributed by atoms with Crippen LogP contribution in [0.2, 0.25) is 0 Å². The first-order valence-electron chi connectivity index (χ1n) is 14.6. The molecule has 0 aliphatic rings. The number of methoxy groups -OCH3 is 1. The molecule has 220 valence electrons. The van der Waals surface area contributed by atoms with Gasteiger partial charge in [0, 0.05) is 23.0 Å². The lowest BCUT2D eigenvalue weighted by Crippen LogP contribution is -3.00. The van der Waals surface area contributed by atoms with E-state index in [0.717, 1.165) is 24.2 Å². The van der Waals surface area contributed by atoms with Crippen LogP contribution in [0.5, 0.6) is 11.5 Å². The van der Waals surface area contributed by atoms with Crippen molar-refractivity contribution < 1.29 is 35.8 Å². The third kappa shape index (κ3) is 13.2. The number of thiazole rings is 1. The number of nitrogens with one attached hydrogen (secondary N) is 2. The molecule has 2 amide bonds. The van der Waals surface area contributed by atoms with Gasteiger partial charge < -0.3 is 37.1 Å². The number of nitrogens with zero attached hydrogens (tertiary/aromatic N) is 1. The van der Waals surface area contributed by atoms with Crippen LogP contribution in [0.15, 0.2) is 59.6 Å². The molecule has 0 unspecified atom stereocenters. The van der Waals surface area contributed by atoms with Crippen molar-refractivity contribution in [3.8, 4) is 11.5 Å². The third-order valence-electron chi connectivity index (χ3n) is 6.75. The molecule has 0 aliphatic heterocycles. The van der Waals surface area contributed by atoms with Crippen LogP contribution >= 0.6 is 11.3 Å². The number of unbranched alkanes of at least 4 members (excludes halogenated alkanes) is 11. The predicted octanol–water partition coefficient (Wildman–Crippen LogP) is 5.82. The first-order chi connectivity index (χ1) is 19.2. The number of carbonyl (C=O) groups is 1. The van der Waals surface area contributed by atoms with Crippen LogP contribution in [0.4, 0.5) is 16.2 Å². The maximum Gasteiger partial charge on any atom is 0.323 e. The summed E-state index contributed by atoms with van der Waals surface area (Å²) in [5.41, 5.74) is 4.57. The number of urea groups is 1. The van der Waals surface area contributed by atoms with E-state index in [9.17, 15) is 4.79 Å². The van der Waals surface area contributed by atoms with Crippen LogP contribution in [0, 0.1) is 0 Å². The Bertz CT molecular complexity index is 1090. The highest BCUT2D eigenvalue weighted by Gasteiger charge is 2.10. The van der Waals surface area contributed by atoms with Crippen LogP contribution in [-0.4, -0.2) is 19.7 Å². The summed E-state index contributed by atoms with van der Waals surface area (Å²) in [5, 5.41) is 7.84. The smallest absolute Gasteiger partial charge is 0.323 e. The first kappa shape index (κ1) is 33.6. The summed E-state index contributed by atoms with van der Waals surface area (Å²) in [7, 11) is 1.62. The highest BCUT2D eigenvalue weighted by molar-refractivity contribution is 7.07. The lowest BCUT2D eigenvalue weighted by Gasteiger charge is -2.13. The average Bonchev–Trinajstić information content (AvgIpc) is 3.45. The zero-order valence-corrected chi connectivity index (χ0v) is 26.5. The van der Waals surface area contributed by atoms with E-state index < -0.39 is 0 Å². The molecule has 0 saturated carbocycles. The van der Waals surface area contributed by atoms with E-state index in [1.165, 1.54) is 70.6 Å². The highest BCUT2D eigenvalue weighted by atomic mass is 79.9. The Labute approximate surface area is 255 Å². The van der Waals surface area contributed by atoms with E-state index in [1.54, 1.807) is 24.5 Å². The zero-order chi connectivity index (χ0) is 27.5. The van der Waals surface area contributed by atoms with Gasteiger partial charge in [0.1, 0.15) is 0 Å². The number of ether oxygens (including phenoxy) is 2. The van der Waals surface area contributed by atoms with Crippen molar-refractivity contribution in [1.82, 2.24) is 0 Å². The van der Waals surface area contributed by atoms with Gasteiger partial charge in [0.25, 0.3) is 0 Å². The molecule has 0 spiro atoms. The summed E-state index contributed by atoms with van der Waals surface area (Å²) < 4.78 is 13.6. The molecule has 0 radical (unpaired) electrons. The van der Waals surface area contributed by atoms with Crippen LogP contribution in [-0.2, 0) is 6.54 Å². The van der Waals surface area contributed by atoms with Gasteiger partial charge in [0.2, 0.25) is 5.51 Å². The van der Waals surface area contributed by atoms with E-state index in [1.807, 2.05) is 41.9 Å². The number of halogens is 1. The summed E-state index contributed by atoms with van der Waals surface area (Å²) in [6, 6.07) is 13.0. The van der Waals surface area contributed by atoms with Crippen LogP contribution in [0.3, 0.4) is 0 Å². The van der Waals surface area contributed by atoms with Gasteiger partial charge in [-0.15, -0.1) is 0 Å². The Morgan fingerprint density at radius 3 is 2.10 bits per heavy atom. The minimum Gasteiger partial charge on any atom is -1.00 e. The van der Waals surface area contributed by atoms with Gasteiger partial charge in [-0.1, -0.05) is 101 Å².